The minimum absolute atomic E-state index is 0.187. The van der Waals surface area contributed by atoms with Crippen LogP contribution < -0.4 is 0 Å². The summed E-state index contributed by atoms with van der Waals surface area (Å²) in [6, 6.07) is 13.4. The highest BCUT2D eigenvalue weighted by Gasteiger charge is 2.23. The number of thiophene rings is 1. The number of aryl methyl sites for hydroxylation is 2. The molecular weight excluding hydrogens is 368 g/mol. The van der Waals surface area contributed by atoms with Gasteiger partial charge in [0, 0.05) is 4.88 Å². The first-order valence-corrected chi connectivity index (χ1v) is 11.2. The minimum atomic E-state index is -3.78. The Kier molecular flexibility index (Phi) is 8.06. The van der Waals surface area contributed by atoms with E-state index in [0.717, 1.165) is 31.2 Å². The van der Waals surface area contributed by atoms with Gasteiger partial charge in [-0.25, -0.2) is 13.2 Å². The van der Waals surface area contributed by atoms with Crippen LogP contribution in [0, 0.1) is 0 Å². The van der Waals surface area contributed by atoms with Crippen LogP contribution in [0.3, 0.4) is 0 Å². The molecule has 6 heteroatoms. The van der Waals surface area contributed by atoms with Gasteiger partial charge < -0.3 is 5.11 Å². The lowest BCUT2D eigenvalue weighted by Gasteiger charge is -2.06. The number of hydrogen-bond acceptors (Lipinski definition) is 4. The summed E-state index contributed by atoms with van der Waals surface area (Å²) in [5.41, 5.74) is 0.884. The van der Waals surface area contributed by atoms with Gasteiger partial charge in [0.05, 0.1) is 5.75 Å². The molecule has 0 amide bonds. The Bertz CT molecular complexity index is 807. The van der Waals surface area contributed by atoms with Crippen LogP contribution in [0.5, 0.6) is 0 Å². The zero-order valence-electron chi connectivity index (χ0n) is 14.6. The van der Waals surface area contributed by atoms with Crippen LogP contribution in [0.4, 0.5) is 0 Å². The molecule has 4 nitrogen and oxygen atoms in total. The zero-order chi connectivity index (χ0) is 18.8. The fraction of sp³-hybridized carbons (Fsp3) is 0.350. The number of aliphatic carboxylic acids is 1. The zero-order valence-corrected chi connectivity index (χ0v) is 16.3. The Morgan fingerprint density at radius 2 is 1.77 bits per heavy atom. The molecule has 0 saturated carbocycles. The maximum absolute atomic E-state index is 12.4. The first-order chi connectivity index (χ1) is 12.5. The van der Waals surface area contributed by atoms with Gasteiger partial charge in [-0.05, 0) is 49.1 Å². The highest BCUT2D eigenvalue weighted by molar-refractivity contribution is 7.96. The maximum Gasteiger partial charge on any atom is 0.346 e. The number of carbonyl (C=O) groups is 1. The standard InChI is InChI=1S/C20H24O4S2/c21-20(22)19(13-7-2-1-6-11-18-12-8-15-25-18)26(23,24)16-14-17-9-4-3-5-10-17/h3-5,8-10,12-13,15H,1-2,6-7,11,14,16H2,(H,21,22). The largest absolute Gasteiger partial charge is 0.477 e. The minimum Gasteiger partial charge on any atom is -0.477 e. The van der Waals surface area contributed by atoms with Crippen molar-refractivity contribution in [1.29, 1.82) is 0 Å². The van der Waals surface area contributed by atoms with Crippen molar-refractivity contribution < 1.29 is 18.3 Å². The molecule has 0 aliphatic rings. The lowest BCUT2D eigenvalue weighted by atomic mass is 10.1. The Morgan fingerprint density at radius 1 is 1.00 bits per heavy atom. The Balaban J connectivity index is 1.83. The molecule has 1 aromatic heterocycles. The van der Waals surface area contributed by atoms with E-state index in [9.17, 15) is 18.3 Å². The number of hydrogen-bond donors (Lipinski definition) is 1. The third-order valence-electron chi connectivity index (χ3n) is 4.09. The van der Waals surface area contributed by atoms with Crippen molar-refractivity contribution in [1.82, 2.24) is 0 Å². The summed E-state index contributed by atoms with van der Waals surface area (Å²) in [6.07, 6.45) is 5.93. The van der Waals surface area contributed by atoms with Crippen LogP contribution >= 0.6 is 11.3 Å². The molecule has 0 aliphatic heterocycles. The van der Waals surface area contributed by atoms with Gasteiger partial charge in [-0.2, -0.15) is 0 Å². The molecule has 0 fully saturated rings. The highest BCUT2D eigenvalue weighted by Crippen LogP contribution is 2.16. The van der Waals surface area contributed by atoms with E-state index < -0.39 is 20.7 Å². The van der Waals surface area contributed by atoms with Gasteiger partial charge in [-0.1, -0.05) is 48.9 Å². The summed E-state index contributed by atoms with van der Waals surface area (Å²) in [5.74, 6) is -1.55. The molecule has 2 aromatic rings. The van der Waals surface area contributed by atoms with Crippen molar-refractivity contribution in [2.45, 2.75) is 38.5 Å². The summed E-state index contributed by atoms with van der Waals surface area (Å²) < 4.78 is 24.7. The summed E-state index contributed by atoms with van der Waals surface area (Å²) in [5, 5.41) is 11.3. The number of carboxylic acid groups (broad SMARTS) is 1. The molecule has 26 heavy (non-hydrogen) atoms. The van der Waals surface area contributed by atoms with E-state index in [-0.39, 0.29) is 5.75 Å². The molecule has 140 valence electrons. The summed E-state index contributed by atoms with van der Waals surface area (Å²) in [6.45, 7) is 0. The lowest BCUT2D eigenvalue weighted by Crippen LogP contribution is -2.17. The van der Waals surface area contributed by atoms with E-state index in [4.69, 9.17) is 0 Å². The molecule has 1 N–H and O–H groups in total. The summed E-state index contributed by atoms with van der Waals surface area (Å²) >= 11 is 1.73. The highest BCUT2D eigenvalue weighted by atomic mass is 32.2. The Morgan fingerprint density at radius 3 is 2.42 bits per heavy atom. The quantitative estimate of drug-likeness (QED) is 0.452. The molecule has 0 atom stereocenters. The van der Waals surface area contributed by atoms with Crippen LogP contribution in [-0.2, 0) is 27.5 Å². The lowest BCUT2D eigenvalue weighted by molar-refractivity contribution is -0.131. The average molecular weight is 393 g/mol. The van der Waals surface area contributed by atoms with Crippen LogP contribution in [0.1, 0.15) is 36.1 Å². The van der Waals surface area contributed by atoms with Gasteiger partial charge in [0.15, 0.2) is 9.84 Å². The molecule has 0 unspecified atom stereocenters. The van der Waals surface area contributed by atoms with E-state index in [0.29, 0.717) is 12.8 Å². The van der Waals surface area contributed by atoms with Crippen LogP contribution in [0.25, 0.3) is 0 Å². The van der Waals surface area contributed by atoms with E-state index in [1.165, 1.54) is 11.0 Å². The second kappa shape index (κ2) is 10.3. The first kappa shape index (κ1) is 20.4. The molecule has 0 aliphatic carbocycles. The molecule has 1 heterocycles. The third-order valence-corrected chi connectivity index (χ3v) is 6.77. The average Bonchev–Trinajstić information content (AvgIpc) is 3.13. The van der Waals surface area contributed by atoms with Crippen molar-refractivity contribution in [3.05, 3.63) is 69.3 Å². The van der Waals surface area contributed by atoms with Crippen molar-refractivity contribution in [3.63, 3.8) is 0 Å². The van der Waals surface area contributed by atoms with E-state index in [2.05, 4.69) is 11.4 Å². The smallest absolute Gasteiger partial charge is 0.346 e. The van der Waals surface area contributed by atoms with Crippen molar-refractivity contribution >= 4 is 27.1 Å². The van der Waals surface area contributed by atoms with Crippen molar-refractivity contribution in [3.8, 4) is 0 Å². The number of unbranched alkanes of at least 4 members (excludes halogenated alkanes) is 3. The summed E-state index contributed by atoms with van der Waals surface area (Å²) in [7, 11) is -3.78. The van der Waals surface area contributed by atoms with Crippen LogP contribution in [0.15, 0.2) is 58.8 Å². The molecular formula is C20H24O4S2. The second-order valence-electron chi connectivity index (χ2n) is 6.11. The molecule has 0 spiro atoms. The first-order valence-electron chi connectivity index (χ1n) is 8.71. The molecule has 0 bridgehead atoms. The van der Waals surface area contributed by atoms with Gasteiger partial charge in [0.2, 0.25) is 0 Å². The molecule has 0 radical (unpaired) electrons. The topological polar surface area (TPSA) is 71.4 Å². The number of benzene rings is 1. The SMILES string of the molecule is O=C(O)C(=CCCCCCc1cccs1)S(=O)(=O)CCc1ccccc1. The predicted octanol–water partition coefficient (Wildman–Crippen LogP) is 4.48. The van der Waals surface area contributed by atoms with Gasteiger partial charge in [-0.3, -0.25) is 0 Å². The molecule has 0 saturated heterocycles. The number of carboxylic acids is 1. The van der Waals surface area contributed by atoms with E-state index >= 15 is 0 Å². The van der Waals surface area contributed by atoms with E-state index in [1.54, 1.807) is 11.3 Å². The van der Waals surface area contributed by atoms with Gasteiger partial charge in [0.1, 0.15) is 4.91 Å². The second-order valence-corrected chi connectivity index (χ2v) is 9.22. The van der Waals surface area contributed by atoms with Crippen LogP contribution in [0.2, 0.25) is 0 Å². The number of rotatable bonds is 11. The Hall–Kier alpha value is -1.92. The summed E-state index contributed by atoms with van der Waals surface area (Å²) in [4.78, 5) is 12.3. The van der Waals surface area contributed by atoms with Crippen LogP contribution in [-0.4, -0.2) is 25.2 Å². The van der Waals surface area contributed by atoms with Gasteiger partial charge >= 0.3 is 5.97 Å². The predicted molar refractivity (Wildman–Crippen MR) is 106 cm³/mol. The Labute approximate surface area is 159 Å². The third kappa shape index (κ3) is 6.77. The maximum atomic E-state index is 12.4. The van der Waals surface area contributed by atoms with Gasteiger partial charge in [-0.15, -0.1) is 11.3 Å². The molecule has 2 rings (SSSR count). The molecule has 1 aromatic carbocycles. The normalized spacial score (nSPS) is 12.2. The number of allylic oxidation sites excluding steroid dienone is 1. The monoisotopic (exact) mass is 392 g/mol. The van der Waals surface area contributed by atoms with Gasteiger partial charge in [0.25, 0.3) is 0 Å². The number of sulfone groups is 1. The fourth-order valence-electron chi connectivity index (χ4n) is 2.66. The van der Waals surface area contributed by atoms with E-state index in [1.807, 2.05) is 36.4 Å². The van der Waals surface area contributed by atoms with Crippen molar-refractivity contribution in [2.24, 2.45) is 0 Å². The van der Waals surface area contributed by atoms with Crippen molar-refractivity contribution in [2.75, 3.05) is 5.75 Å². The fourth-order valence-corrected chi connectivity index (χ4v) is 4.78.